The molecule has 12 heavy (non-hydrogen) atoms. The van der Waals surface area contributed by atoms with Crippen LogP contribution in [0.4, 0.5) is 8.78 Å². The Morgan fingerprint density at radius 2 is 1.67 bits per heavy atom. The van der Waals surface area contributed by atoms with Crippen molar-refractivity contribution >= 4 is 10.0 Å². The van der Waals surface area contributed by atoms with Crippen molar-refractivity contribution in [3.8, 4) is 0 Å². The molecule has 0 saturated heterocycles. The Hall–Kier alpha value is -1.08. The van der Waals surface area contributed by atoms with Crippen molar-refractivity contribution in [2.75, 3.05) is 0 Å². The fraction of sp³-hybridized carbons (Fsp3) is 0. The van der Waals surface area contributed by atoms with E-state index < -0.39 is 26.8 Å². The molecule has 0 bridgehead atoms. The number of hydrogen-bond acceptors (Lipinski definition) is 3. The zero-order valence-corrected chi connectivity index (χ0v) is 6.48. The summed E-state index contributed by atoms with van der Waals surface area (Å²) in [5.74, 6) is -2.45. The number of pyridine rings is 1. The SMILES string of the molecule is NS(=O)(=O)c1cc(F)nc(F)c1. The second kappa shape index (κ2) is 2.76. The van der Waals surface area contributed by atoms with Crippen LogP contribution in [-0.2, 0) is 10.0 Å². The summed E-state index contributed by atoms with van der Waals surface area (Å²) in [6, 6.07) is 1.08. The van der Waals surface area contributed by atoms with E-state index in [1.165, 1.54) is 0 Å². The van der Waals surface area contributed by atoms with E-state index in [1.54, 1.807) is 0 Å². The van der Waals surface area contributed by atoms with Gasteiger partial charge in [0.1, 0.15) is 0 Å². The first kappa shape index (κ1) is 9.01. The average molecular weight is 194 g/mol. The van der Waals surface area contributed by atoms with Gasteiger partial charge in [0, 0.05) is 12.1 Å². The van der Waals surface area contributed by atoms with Crippen LogP contribution in [0.2, 0.25) is 0 Å². The molecule has 1 aromatic heterocycles. The highest BCUT2D eigenvalue weighted by Gasteiger charge is 2.11. The van der Waals surface area contributed by atoms with Crippen LogP contribution in [-0.4, -0.2) is 13.4 Å². The van der Waals surface area contributed by atoms with Crippen molar-refractivity contribution in [1.82, 2.24) is 4.98 Å². The van der Waals surface area contributed by atoms with Crippen LogP contribution in [0.3, 0.4) is 0 Å². The Morgan fingerprint density at radius 1 is 1.25 bits per heavy atom. The van der Waals surface area contributed by atoms with Gasteiger partial charge >= 0.3 is 0 Å². The van der Waals surface area contributed by atoms with Gasteiger partial charge in [-0.25, -0.2) is 13.6 Å². The topological polar surface area (TPSA) is 73.1 Å². The summed E-state index contributed by atoms with van der Waals surface area (Å²) < 4.78 is 45.7. The van der Waals surface area contributed by atoms with Gasteiger partial charge in [0.15, 0.2) is 0 Å². The maximum atomic E-state index is 12.3. The number of nitrogens with two attached hydrogens (primary N) is 1. The van der Waals surface area contributed by atoms with Crippen LogP contribution >= 0.6 is 0 Å². The monoisotopic (exact) mass is 194 g/mol. The molecular weight excluding hydrogens is 190 g/mol. The number of primary sulfonamides is 1. The van der Waals surface area contributed by atoms with Crippen molar-refractivity contribution in [2.45, 2.75) is 4.90 Å². The predicted octanol–water partition coefficient (Wildman–Crippen LogP) is 0.00720. The van der Waals surface area contributed by atoms with E-state index >= 15 is 0 Å². The first-order valence-corrected chi connectivity index (χ1v) is 4.30. The summed E-state index contributed by atoms with van der Waals surface area (Å²) in [5, 5.41) is 4.61. The smallest absolute Gasteiger partial charge is 0.225 e. The highest BCUT2D eigenvalue weighted by Crippen LogP contribution is 2.08. The zero-order chi connectivity index (χ0) is 9.35. The van der Waals surface area contributed by atoms with Gasteiger partial charge in [0.25, 0.3) is 0 Å². The van der Waals surface area contributed by atoms with Crippen LogP contribution in [0.1, 0.15) is 0 Å². The van der Waals surface area contributed by atoms with Gasteiger partial charge < -0.3 is 0 Å². The second-order valence-electron chi connectivity index (χ2n) is 1.99. The molecule has 0 amide bonds. The summed E-state index contributed by atoms with van der Waals surface area (Å²) in [6.45, 7) is 0. The lowest BCUT2D eigenvalue weighted by Gasteiger charge is -1.96. The molecule has 66 valence electrons. The number of sulfonamides is 1. The van der Waals surface area contributed by atoms with E-state index in [0.29, 0.717) is 12.1 Å². The van der Waals surface area contributed by atoms with Crippen LogP contribution in [0.5, 0.6) is 0 Å². The predicted molar refractivity (Wildman–Crippen MR) is 35.5 cm³/mol. The molecular formula is C5H4F2N2O2S. The summed E-state index contributed by atoms with van der Waals surface area (Å²) in [6.07, 6.45) is 0. The molecule has 1 aromatic rings. The summed E-state index contributed by atoms with van der Waals surface area (Å²) in [5.41, 5.74) is 0. The molecule has 0 aliphatic heterocycles. The van der Waals surface area contributed by atoms with Gasteiger partial charge in [-0.2, -0.15) is 13.8 Å². The second-order valence-corrected chi connectivity index (χ2v) is 3.55. The molecule has 0 fully saturated rings. The van der Waals surface area contributed by atoms with Gasteiger partial charge in [-0.15, -0.1) is 0 Å². The first-order chi connectivity index (χ1) is 5.39. The summed E-state index contributed by atoms with van der Waals surface area (Å²) in [4.78, 5) is 2.06. The number of nitrogens with zero attached hydrogens (tertiary/aromatic N) is 1. The van der Waals surface area contributed by atoms with E-state index in [0.717, 1.165) is 0 Å². The maximum absolute atomic E-state index is 12.3. The highest BCUT2D eigenvalue weighted by molar-refractivity contribution is 7.89. The number of hydrogen-bond donors (Lipinski definition) is 1. The van der Waals surface area contributed by atoms with Gasteiger partial charge in [-0.1, -0.05) is 0 Å². The average Bonchev–Trinajstić information content (AvgIpc) is 1.82. The molecule has 0 saturated carbocycles. The molecule has 1 heterocycles. The molecule has 7 heteroatoms. The molecule has 2 N–H and O–H groups in total. The fourth-order valence-corrected chi connectivity index (χ4v) is 1.13. The Labute approximate surface area is 67.1 Å². The lowest BCUT2D eigenvalue weighted by Crippen LogP contribution is -2.13. The zero-order valence-electron chi connectivity index (χ0n) is 5.66. The lowest BCUT2D eigenvalue weighted by atomic mass is 10.5. The summed E-state index contributed by atoms with van der Waals surface area (Å²) >= 11 is 0. The van der Waals surface area contributed by atoms with Crippen LogP contribution in [0, 0.1) is 11.9 Å². The van der Waals surface area contributed by atoms with Crippen LogP contribution in [0.15, 0.2) is 17.0 Å². The molecule has 4 nitrogen and oxygen atoms in total. The Bertz CT molecular complexity index is 384. The molecule has 0 spiro atoms. The number of aromatic nitrogens is 1. The van der Waals surface area contributed by atoms with Gasteiger partial charge in [0.2, 0.25) is 21.9 Å². The van der Waals surface area contributed by atoms with Crippen molar-refractivity contribution in [3.63, 3.8) is 0 Å². The van der Waals surface area contributed by atoms with E-state index in [2.05, 4.69) is 10.1 Å². The van der Waals surface area contributed by atoms with Gasteiger partial charge in [0.05, 0.1) is 4.90 Å². The third kappa shape index (κ3) is 1.95. The minimum absolute atomic E-state index is 0.540. The van der Waals surface area contributed by atoms with E-state index in [1.807, 2.05) is 0 Å². The van der Waals surface area contributed by atoms with Crippen LogP contribution in [0.25, 0.3) is 0 Å². The van der Waals surface area contributed by atoms with Gasteiger partial charge in [-0.05, 0) is 0 Å². The molecule has 0 unspecified atom stereocenters. The maximum Gasteiger partial charge on any atom is 0.238 e. The van der Waals surface area contributed by atoms with E-state index in [-0.39, 0.29) is 0 Å². The molecule has 0 aliphatic carbocycles. The standard InChI is InChI=1S/C5H4F2N2O2S/c6-4-1-3(12(8,10)11)2-5(7)9-4/h1-2H,(H2,8,10,11). The van der Waals surface area contributed by atoms with Crippen molar-refractivity contribution in [2.24, 2.45) is 5.14 Å². The molecule has 0 aliphatic rings. The molecule has 0 radical (unpaired) electrons. The molecule has 0 aromatic carbocycles. The highest BCUT2D eigenvalue weighted by atomic mass is 32.2. The third-order valence-electron chi connectivity index (χ3n) is 1.06. The van der Waals surface area contributed by atoms with Crippen molar-refractivity contribution in [1.29, 1.82) is 0 Å². The van der Waals surface area contributed by atoms with Crippen molar-refractivity contribution in [3.05, 3.63) is 24.0 Å². The van der Waals surface area contributed by atoms with E-state index in [4.69, 9.17) is 0 Å². The normalized spacial score (nSPS) is 11.6. The number of rotatable bonds is 1. The third-order valence-corrected chi connectivity index (χ3v) is 1.96. The largest absolute Gasteiger partial charge is 0.238 e. The summed E-state index contributed by atoms with van der Waals surface area (Å²) in [7, 11) is -4.07. The minimum Gasteiger partial charge on any atom is -0.225 e. The van der Waals surface area contributed by atoms with Crippen LogP contribution < -0.4 is 5.14 Å². The first-order valence-electron chi connectivity index (χ1n) is 2.75. The minimum atomic E-state index is -4.07. The fourth-order valence-electron chi connectivity index (χ4n) is 0.607. The Kier molecular flexibility index (Phi) is 2.07. The molecule has 0 atom stereocenters. The number of halogens is 2. The van der Waals surface area contributed by atoms with E-state index in [9.17, 15) is 17.2 Å². The Balaban J connectivity index is 3.37. The Morgan fingerprint density at radius 3 is 2.00 bits per heavy atom. The molecule has 1 rings (SSSR count). The quantitative estimate of drug-likeness (QED) is 0.640. The lowest BCUT2D eigenvalue weighted by molar-refractivity contribution is 0.504. The van der Waals surface area contributed by atoms with Crippen molar-refractivity contribution < 1.29 is 17.2 Å². The van der Waals surface area contributed by atoms with Gasteiger partial charge in [-0.3, -0.25) is 0 Å².